The summed E-state index contributed by atoms with van der Waals surface area (Å²) in [6.07, 6.45) is 0. The van der Waals surface area contributed by atoms with Gasteiger partial charge in [-0.05, 0) is 11.5 Å². The molecule has 0 radical (unpaired) electrons. The van der Waals surface area contributed by atoms with Gasteiger partial charge in [0.15, 0.2) is 0 Å². The van der Waals surface area contributed by atoms with Crippen LogP contribution < -0.4 is 10.0 Å². The van der Waals surface area contributed by atoms with Crippen molar-refractivity contribution >= 4 is 16.2 Å². The number of aliphatic carboxylic acids is 1. The fourth-order valence-corrected chi connectivity index (χ4v) is 5.08. The van der Waals surface area contributed by atoms with E-state index in [1.807, 2.05) is 30.3 Å². The first-order valence-electron chi connectivity index (χ1n) is 7.67. The van der Waals surface area contributed by atoms with Crippen molar-refractivity contribution in [2.24, 2.45) is 5.92 Å². The van der Waals surface area contributed by atoms with Crippen LogP contribution in [0.5, 0.6) is 0 Å². The first kappa shape index (κ1) is 16.4. The first-order chi connectivity index (χ1) is 10.9. The zero-order chi connectivity index (χ0) is 16.7. The van der Waals surface area contributed by atoms with E-state index in [0.717, 1.165) is 5.56 Å². The smallest absolute Gasteiger partial charge is 0.325 e. The van der Waals surface area contributed by atoms with E-state index in [0.29, 0.717) is 26.2 Å². The highest BCUT2D eigenvalue weighted by Crippen LogP contribution is 2.57. The highest BCUT2D eigenvalue weighted by molar-refractivity contribution is 7.87. The summed E-state index contributed by atoms with van der Waals surface area (Å²) >= 11 is 0. The third-order valence-corrected chi connectivity index (χ3v) is 6.47. The fourth-order valence-electron chi connectivity index (χ4n) is 3.46. The molecule has 2 aliphatic rings. The minimum absolute atomic E-state index is 0.305. The number of hydrogen-bond donors (Lipinski definition) is 3. The monoisotopic (exact) mass is 339 g/mol. The molecule has 3 N–H and O–H groups in total. The molecule has 1 saturated heterocycles. The SMILES string of the molecule is CC1[C@@H](c2ccccc2)[C@]1(NS(=O)(=O)N1CCNCC1)C(=O)O. The number of carboxylic acids is 1. The number of rotatable bonds is 5. The van der Waals surface area contributed by atoms with Crippen molar-refractivity contribution in [3.8, 4) is 0 Å². The number of benzene rings is 1. The molecule has 1 unspecified atom stereocenters. The normalized spacial score (nSPS) is 31.7. The van der Waals surface area contributed by atoms with Crippen molar-refractivity contribution in [1.29, 1.82) is 0 Å². The predicted octanol–water partition coefficient (Wildman–Crippen LogP) is -0.0171. The molecule has 1 saturated carbocycles. The quantitative estimate of drug-likeness (QED) is 0.700. The molecule has 0 bridgehead atoms. The number of carboxylic acid groups (broad SMARTS) is 1. The summed E-state index contributed by atoms with van der Waals surface area (Å²) in [6, 6.07) is 9.19. The van der Waals surface area contributed by atoms with Crippen LogP contribution in [0.15, 0.2) is 30.3 Å². The van der Waals surface area contributed by atoms with Crippen LogP contribution in [0.25, 0.3) is 0 Å². The van der Waals surface area contributed by atoms with Crippen LogP contribution in [0.3, 0.4) is 0 Å². The number of piperazine rings is 1. The van der Waals surface area contributed by atoms with Crippen molar-refractivity contribution in [3.63, 3.8) is 0 Å². The van der Waals surface area contributed by atoms with Crippen LogP contribution in [-0.4, -0.2) is 55.5 Å². The maximum Gasteiger partial charge on any atom is 0.325 e. The zero-order valence-electron chi connectivity index (χ0n) is 12.9. The highest BCUT2D eigenvalue weighted by Gasteiger charge is 2.70. The molecule has 1 aliphatic carbocycles. The molecule has 3 atom stereocenters. The Morgan fingerprint density at radius 2 is 1.91 bits per heavy atom. The fraction of sp³-hybridized carbons (Fsp3) is 0.533. The average Bonchev–Trinajstić information content (AvgIpc) is 3.13. The Kier molecular flexibility index (Phi) is 4.18. The lowest BCUT2D eigenvalue weighted by Crippen LogP contribution is -2.55. The Bertz CT molecular complexity index is 688. The molecule has 0 amide bonds. The first-order valence-corrected chi connectivity index (χ1v) is 9.11. The number of nitrogens with one attached hydrogen (secondary N) is 2. The molecule has 1 heterocycles. The molecule has 2 fully saturated rings. The van der Waals surface area contributed by atoms with Gasteiger partial charge in [-0.15, -0.1) is 0 Å². The molecule has 1 aromatic carbocycles. The Morgan fingerprint density at radius 1 is 1.30 bits per heavy atom. The van der Waals surface area contributed by atoms with Gasteiger partial charge in [0.2, 0.25) is 0 Å². The molecule has 0 aromatic heterocycles. The maximum atomic E-state index is 12.6. The third kappa shape index (κ3) is 2.76. The molecular weight excluding hydrogens is 318 g/mol. The summed E-state index contributed by atoms with van der Waals surface area (Å²) in [5, 5.41) is 12.8. The van der Waals surface area contributed by atoms with E-state index in [4.69, 9.17) is 0 Å². The molecule has 126 valence electrons. The van der Waals surface area contributed by atoms with Crippen LogP contribution in [0.2, 0.25) is 0 Å². The summed E-state index contributed by atoms with van der Waals surface area (Å²) in [5.41, 5.74) is -0.629. The van der Waals surface area contributed by atoms with Gasteiger partial charge in [0.05, 0.1) is 0 Å². The van der Waals surface area contributed by atoms with Gasteiger partial charge in [-0.3, -0.25) is 4.79 Å². The van der Waals surface area contributed by atoms with Gasteiger partial charge in [-0.25, -0.2) is 0 Å². The molecular formula is C15H21N3O4S. The molecule has 23 heavy (non-hydrogen) atoms. The number of carbonyl (C=O) groups is 1. The van der Waals surface area contributed by atoms with Crippen molar-refractivity contribution in [2.75, 3.05) is 26.2 Å². The summed E-state index contributed by atoms with van der Waals surface area (Å²) < 4.78 is 29.0. The van der Waals surface area contributed by atoms with Gasteiger partial charge in [-0.2, -0.15) is 17.4 Å². The lowest BCUT2D eigenvalue weighted by molar-refractivity contribution is -0.140. The minimum atomic E-state index is -3.83. The van der Waals surface area contributed by atoms with E-state index in [9.17, 15) is 18.3 Å². The maximum absolute atomic E-state index is 12.6. The van der Waals surface area contributed by atoms with E-state index in [1.54, 1.807) is 6.92 Å². The van der Waals surface area contributed by atoms with Crippen molar-refractivity contribution in [2.45, 2.75) is 18.4 Å². The van der Waals surface area contributed by atoms with Crippen molar-refractivity contribution < 1.29 is 18.3 Å². The molecule has 1 aromatic rings. The van der Waals surface area contributed by atoms with Crippen LogP contribution in [0.1, 0.15) is 18.4 Å². The highest BCUT2D eigenvalue weighted by atomic mass is 32.2. The van der Waals surface area contributed by atoms with Crippen LogP contribution in [0, 0.1) is 5.92 Å². The Labute approximate surface area is 135 Å². The molecule has 3 rings (SSSR count). The summed E-state index contributed by atoms with van der Waals surface area (Å²) in [5.74, 6) is -1.79. The van der Waals surface area contributed by atoms with E-state index in [1.165, 1.54) is 4.31 Å². The summed E-state index contributed by atoms with van der Waals surface area (Å²) in [6.45, 7) is 3.59. The van der Waals surface area contributed by atoms with Gasteiger partial charge in [0.1, 0.15) is 5.54 Å². The van der Waals surface area contributed by atoms with Gasteiger partial charge in [-0.1, -0.05) is 37.3 Å². The van der Waals surface area contributed by atoms with E-state index >= 15 is 0 Å². The lowest BCUT2D eigenvalue weighted by Gasteiger charge is -2.28. The van der Waals surface area contributed by atoms with Gasteiger partial charge in [0.25, 0.3) is 10.2 Å². The zero-order valence-corrected chi connectivity index (χ0v) is 13.7. The van der Waals surface area contributed by atoms with Crippen LogP contribution in [-0.2, 0) is 15.0 Å². The van der Waals surface area contributed by atoms with E-state index in [-0.39, 0.29) is 11.8 Å². The van der Waals surface area contributed by atoms with Gasteiger partial charge in [0, 0.05) is 32.1 Å². The number of nitrogens with zero attached hydrogens (tertiary/aromatic N) is 1. The second-order valence-electron chi connectivity index (χ2n) is 6.11. The largest absolute Gasteiger partial charge is 0.480 e. The number of hydrogen-bond acceptors (Lipinski definition) is 4. The van der Waals surface area contributed by atoms with Crippen molar-refractivity contribution in [3.05, 3.63) is 35.9 Å². The molecule has 1 aliphatic heterocycles. The molecule has 0 spiro atoms. The lowest BCUT2D eigenvalue weighted by atomic mass is 10.1. The average molecular weight is 339 g/mol. The van der Waals surface area contributed by atoms with Gasteiger partial charge >= 0.3 is 5.97 Å². The van der Waals surface area contributed by atoms with Crippen molar-refractivity contribution in [1.82, 2.24) is 14.3 Å². The topological polar surface area (TPSA) is 98.7 Å². The van der Waals surface area contributed by atoms with Crippen LogP contribution >= 0.6 is 0 Å². The van der Waals surface area contributed by atoms with E-state index < -0.39 is 21.7 Å². The second kappa shape index (κ2) is 5.86. The summed E-state index contributed by atoms with van der Waals surface area (Å²) in [7, 11) is -3.83. The Hall–Kier alpha value is -1.48. The van der Waals surface area contributed by atoms with E-state index in [2.05, 4.69) is 10.0 Å². The third-order valence-electron chi connectivity index (χ3n) is 4.83. The molecule has 7 nitrogen and oxygen atoms in total. The predicted molar refractivity (Wildman–Crippen MR) is 85.2 cm³/mol. The summed E-state index contributed by atoms with van der Waals surface area (Å²) in [4.78, 5) is 11.9. The van der Waals surface area contributed by atoms with Crippen LogP contribution in [0.4, 0.5) is 0 Å². The standard InChI is InChI=1S/C15H21N3O4S/c1-11-13(12-5-3-2-4-6-12)15(11,14(19)20)17-23(21,22)18-9-7-16-8-10-18/h2-6,11,13,16-17H,7-10H2,1H3,(H,19,20)/t11?,13-,15-/m0/s1. The second-order valence-corrected chi connectivity index (χ2v) is 7.78. The Morgan fingerprint density at radius 3 is 2.48 bits per heavy atom. The Balaban J connectivity index is 1.87. The van der Waals surface area contributed by atoms with Gasteiger partial charge < -0.3 is 10.4 Å². The minimum Gasteiger partial charge on any atom is -0.480 e. The molecule has 8 heteroatoms.